The maximum atomic E-state index is 12.0. The summed E-state index contributed by atoms with van der Waals surface area (Å²) in [5, 5.41) is 10.0. The predicted octanol–water partition coefficient (Wildman–Crippen LogP) is 4.81. The number of allylic oxidation sites excluding steroid dienone is 2. The number of hydrogen-bond acceptors (Lipinski definition) is 5. The van der Waals surface area contributed by atoms with Gasteiger partial charge in [-0.25, -0.2) is 4.79 Å². The monoisotopic (exact) mass is 351 g/mol. The van der Waals surface area contributed by atoms with E-state index in [4.69, 9.17) is 16.3 Å². The molecule has 0 aliphatic heterocycles. The third-order valence-electron chi connectivity index (χ3n) is 3.24. The molecule has 130 valence electrons. The van der Waals surface area contributed by atoms with Gasteiger partial charge in [0.2, 0.25) is 0 Å². The number of nitrogens with zero attached hydrogens (tertiary/aromatic N) is 1. The molecular weight excluding hydrogens is 330 g/mol. The van der Waals surface area contributed by atoms with Crippen LogP contribution in [0.4, 0.5) is 5.69 Å². The lowest BCUT2D eigenvalue weighted by atomic mass is 10.1. The van der Waals surface area contributed by atoms with Crippen LogP contribution >= 0.6 is 11.6 Å². The number of esters is 1. The number of aliphatic hydroxyl groups is 1. The molecule has 1 rings (SSSR count). The SMILES string of the molecule is CCCOC(=O)c1cccc(N=CC(C(=O)CC)=C(O)CC)c1Cl. The number of carbonyl (C=O) groups excluding carboxylic acids is 2. The van der Waals surface area contributed by atoms with Gasteiger partial charge in [0.1, 0.15) is 5.76 Å². The van der Waals surface area contributed by atoms with E-state index in [0.717, 1.165) is 0 Å². The Balaban J connectivity index is 3.15. The van der Waals surface area contributed by atoms with Crippen molar-refractivity contribution in [3.8, 4) is 0 Å². The number of Topliss-reactive ketones (excluding diaryl/α,β-unsaturated/α-hetero) is 1. The molecule has 0 spiro atoms. The summed E-state index contributed by atoms with van der Waals surface area (Å²) in [5.41, 5.74) is 0.690. The van der Waals surface area contributed by atoms with Gasteiger partial charge in [0.25, 0.3) is 0 Å². The molecule has 0 radical (unpaired) electrons. The zero-order valence-corrected chi connectivity index (χ0v) is 14.9. The van der Waals surface area contributed by atoms with Crippen LogP contribution in [0.3, 0.4) is 0 Å². The fraction of sp³-hybridized carbons (Fsp3) is 0.389. The van der Waals surface area contributed by atoms with Gasteiger partial charge in [-0.15, -0.1) is 0 Å². The molecule has 1 N–H and O–H groups in total. The normalized spacial score (nSPS) is 12.2. The molecule has 0 aliphatic carbocycles. The molecule has 0 atom stereocenters. The summed E-state index contributed by atoms with van der Waals surface area (Å²) in [6.45, 7) is 5.65. The summed E-state index contributed by atoms with van der Waals surface area (Å²) >= 11 is 6.21. The molecule has 24 heavy (non-hydrogen) atoms. The van der Waals surface area contributed by atoms with Crippen molar-refractivity contribution in [2.75, 3.05) is 6.61 Å². The summed E-state index contributed by atoms with van der Waals surface area (Å²) in [4.78, 5) is 28.0. The Morgan fingerprint density at radius 2 is 1.96 bits per heavy atom. The van der Waals surface area contributed by atoms with E-state index in [2.05, 4.69) is 4.99 Å². The van der Waals surface area contributed by atoms with Gasteiger partial charge in [-0.05, 0) is 18.6 Å². The fourth-order valence-corrected chi connectivity index (χ4v) is 2.12. The Hall–Kier alpha value is -2.14. The van der Waals surface area contributed by atoms with Crippen molar-refractivity contribution in [3.05, 3.63) is 40.1 Å². The molecule has 0 aliphatic rings. The lowest BCUT2D eigenvalue weighted by Gasteiger charge is -2.07. The van der Waals surface area contributed by atoms with Crippen LogP contribution in [0.2, 0.25) is 5.02 Å². The first-order valence-electron chi connectivity index (χ1n) is 7.91. The molecule has 0 unspecified atom stereocenters. The molecule has 0 bridgehead atoms. The van der Waals surface area contributed by atoms with E-state index in [1.165, 1.54) is 6.21 Å². The lowest BCUT2D eigenvalue weighted by Crippen LogP contribution is -2.07. The second kappa shape index (κ2) is 9.88. The third-order valence-corrected chi connectivity index (χ3v) is 3.63. The molecule has 0 aromatic heterocycles. The summed E-state index contributed by atoms with van der Waals surface area (Å²) < 4.78 is 5.07. The molecule has 0 saturated carbocycles. The third kappa shape index (κ3) is 5.20. The summed E-state index contributed by atoms with van der Waals surface area (Å²) in [7, 11) is 0. The summed E-state index contributed by atoms with van der Waals surface area (Å²) in [6, 6.07) is 4.80. The topological polar surface area (TPSA) is 76.0 Å². The van der Waals surface area contributed by atoms with E-state index < -0.39 is 5.97 Å². The van der Waals surface area contributed by atoms with Crippen LogP contribution < -0.4 is 0 Å². The van der Waals surface area contributed by atoms with Crippen LogP contribution in [0.15, 0.2) is 34.5 Å². The Labute approximate surface area is 147 Å². The largest absolute Gasteiger partial charge is 0.512 e. The highest BCUT2D eigenvalue weighted by Crippen LogP contribution is 2.29. The maximum absolute atomic E-state index is 12.0. The van der Waals surface area contributed by atoms with Crippen LogP contribution in [0, 0.1) is 0 Å². The van der Waals surface area contributed by atoms with Crippen molar-refractivity contribution in [3.63, 3.8) is 0 Å². The van der Waals surface area contributed by atoms with Crippen LogP contribution in [-0.2, 0) is 9.53 Å². The van der Waals surface area contributed by atoms with E-state index in [-0.39, 0.29) is 34.1 Å². The highest BCUT2D eigenvalue weighted by molar-refractivity contribution is 6.36. The first-order chi connectivity index (χ1) is 11.5. The minimum atomic E-state index is -0.518. The zero-order valence-electron chi connectivity index (χ0n) is 14.1. The van der Waals surface area contributed by atoms with Gasteiger partial charge in [-0.2, -0.15) is 0 Å². The number of aliphatic hydroxyl groups excluding tert-OH is 1. The predicted molar refractivity (Wildman–Crippen MR) is 95.4 cm³/mol. The summed E-state index contributed by atoms with van der Waals surface area (Å²) in [5.74, 6) is -0.760. The Morgan fingerprint density at radius 1 is 1.25 bits per heavy atom. The Morgan fingerprint density at radius 3 is 2.54 bits per heavy atom. The molecule has 1 aromatic rings. The smallest absolute Gasteiger partial charge is 0.339 e. The second-order valence-electron chi connectivity index (χ2n) is 5.02. The maximum Gasteiger partial charge on any atom is 0.339 e. The quantitative estimate of drug-likeness (QED) is 0.315. The Bertz CT molecular complexity index is 665. The average Bonchev–Trinajstić information content (AvgIpc) is 2.60. The van der Waals surface area contributed by atoms with Crippen LogP contribution in [0.25, 0.3) is 0 Å². The van der Waals surface area contributed by atoms with Gasteiger partial charge in [0.15, 0.2) is 5.78 Å². The van der Waals surface area contributed by atoms with Crippen LogP contribution in [0.1, 0.15) is 50.4 Å². The molecule has 0 amide bonds. The van der Waals surface area contributed by atoms with Gasteiger partial charge in [0, 0.05) is 19.1 Å². The minimum Gasteiger partial charge on any atom is -0.512 e. The van der Waals surface area contributed by atoms with Crippen molar-refractivity contribution in [2.24, 2.45) is 4.99 Å². The average molecular weight is 352 g/mol. The van der Waals surface area contributed by atoms with Gasteiger partial charge in [-0.3, -0.25) is 9.79 Å². The number of ketones is 1. The first-order valence-corrected chi connectivity index (χ1v) is 8.28. The molecule has 1 aromatic carbocycles. The lowest BCUT2D eigenvalue weighted by molar-refractivity contribution is -0.114. The van der Waals surface area contributed by atoms with Crippen molar-refractivity contribution in [2.45, 2.75) is 40.0 Å². The highest BCUT2D eigenvalue weighted by atomic mass is 35.5. The molecular formula is C18H22ClNO4. The van der Waals surface area contributed by atoms with Crippen LogP contribution in [0.5, 0.6) is 0 Å². The highest BCUT2D eigenvalue weighted by Gasteiger charge is 2.15. The van der Waals surface area contributed by atoms with E-state index in [1.54, 1.807) is 32.0 Å². The standard InChI is InChI=1S/C18H22ClNO4/c1-4-10-24-18(23)12-8-7-9-14(17(12)19)20-11-13(15(21)5-2)16(22)6-3/h7-9,11,21H,4-6,10H2,1-3H3. The van der Waals surface area contributed by atoms with E-state index in [0.29, 0.717) is 25.1 Å². The van der Waals surface area contributed by atoms with Gasteiger partial charge in [0.05, 0.1) is 28.5 Å². The van der Waals surface area contributed by atoms with Gasteiger partial charge >= 0.3 is 5.97 Å². The van der Waals surface area contributed by atoms with E-state index >= 15 is 0 Å². The number of halogens is 1. The summed E-state index contributed by atoms with van der Waals surface area (Å²) in [6.07, 6.45) is 2.57. The van der Waals surface area contributed by atoms with Crippen molar-refractivity contribution >= 4 is 35.3 Å². The van der Waals surface area contributed by atoms with Gasteiger partial charge in [-0.1, -0.05) is 38.4 Å². The molecule has 0 saturated heterocycles. The van der Waals surface area contributed by atoms with Gasteiger partial charge < -0.3 is 9.84 Å². The number of benzene rings is 1. The fourth-order valence-electron chi connectivity index (χ4n) is 1.87. The zero-order chi connectivity index (χ0) is 18.1. The number of rotatable bonds is 8. The number of ether oxygens (including phenoxy) is 1. The van der Waals surface area contributed by atoms with E-state index in [1.807, 2.05) is 6.92 Å². The molecule has 6 heteroatoms. The van der Waals surface area contributed by atoms with Crippen molar-refractivity contribution < 1.29 is 19.4 Å². The second-order valence-corrected chi connectivity index (χ2v) is 5.40. The first kappa shape index (κ1) is 19.9. The van der Waals surface area contributed by atoms with E-state index in [9.17, 15) is 14.7 Å². The van der Waals surface area contributed by atoms with Crippen molar-refractivity contribution in [1.82, 2.24) is 0 Å². The van der Waals surface area contributed by atoms with Crippen molar-refractivity contribution in [1.29, 1.82) is 0 Å². The minimum absolute atomic E-state index is 0.0276. The molecule has 5 nitrogen and oxygen atoms in total. The molecule has 0 heterocycles. The number of carbonyl (C=O) groups is 2. The number of hydrogen-bond donors (Lipinski definition) is 1. The van der Waals surface area contributed by atoms with Crippen LogP contribution in [-0.4, -0.2) is 29.7 Å². The Kier molecular flexibility index (Phi) is 8.19. The number of aliphatic imine (C=N–C) groups is 1. The molecule has 0 fully saturated rings.